The Morgan fingerprint density at radius 1 is 1.05 bits per heavy atom. The zero-order valence-corrected chi connectivity index (χ0v) is 12.7. The van der Waals surface area contributed by atoms with Crippen molar-refractivity contribution in [3.8, 4) is 0 Å². The molecule has 0 unspecified atom stereocenters. The highest BCUT2D eigenvalue weighted by molar-refractivity contribution is 5.49. The molecule has 1 fully saturated rings. The first-order chi connectivity index (χ1) is 10.9. The second-order valence-electron chi connectivity index (χ2n) is 5.22. The van der Waals surface area contributed by atoms with Crippen molar-refractivity contribution in [1.29, 1.82) is 0 Å². The van der Waals surface area contributed by atoms with Crippen LogP contribution in [0.4, 0.5) is 17.5 Å². The van der Waals surface area contributed by atoms with Gasteiger partial charge in [0, 0.05) is 44.6 Å². The van der Waals surface area contributed by atoms with Gasteiger partial charge in [-0.05, 0) is 18.2 Å². The highest BCUT2D eigenvalue weighted by Gasteiger charge is 2.18. The third kappa shape index (κ3) is 3.36. The van der Waals surface area contributed by atoms with Crippen LogP contribution in [0.15, 0.2) is 55.3 Å². The van der Waals surface area contributed by atoms with Gasteiger partial charge in [0.05, 0.1) is 0 Å². The van der Waals surface area contributed by atoms with Crippen LogP contribution in [0.25, 0.3) is 0 Å². The molecule has 5 nitrogen and oxygen atoms in total. The van der Waals surface area contributed by atoms with Gasteiger partial charge in [0.25, 0.3) is 0 Å². The molecule has 1 N–H and O–H groups in total. The van der Waals surface area contributed by atoms with E-state index < -0.39 is 0 Å². The third-order valence-electron chi connectivity index (χ3n) is 3.77. The first-order valence-electron chi connectivity index (χ1n) is 7.59. The fraction of sp³-hybridized carbons (Fsp3) is 0.294. The number of anilines is 3. The molecule has 5 heteroatoms. The Morgan fingerprint density at radius 3 is 2.50 bits per heavy atom. The zero-order chi connectivity index (χ0) is 15.2. The molecule has 1 aromatic carbocycles. The van der Waals surface area contributed by atoms with Gasteiger partial charge >= 0.3 is 0 Å². The Balaban J connectivity index is 1.62. The minimum absolute atomic E-state index is 0.655. The summed E-state index contributed by atoms with van der Waals surface area (Å²) in [6.45, 7) is 8.30. The van der Waals surface area contributed by atoms with Gasteiger partial charge in [-0.2, -0.15) is 4.98 Å². The predicted molar refractivity (Wildman–Crippen MR) is 91.6 cm³/mol. The normalized spacial score (nSPS) is 14.7. The third-order valence-corrected chi connectivity index (χ3v) is 3.77. The molecular formula is C17H21N5. The molecule has 1 saturated heterocycles. The van der Waals surface area contributed by atoms with Crippen LogP contribution in [0.3, 0.4) is 0 Å². The van der Waals surface area contributed by atoms with E-state index in [2.05, 4.69) is 62.0 Å². The number of para-hydroxylation sites is 1. The quantitative estimate of drug-likeness (QED) is 0.858. The number of nitrogens with one attached hydrogen (secondary N) is 1. The molecule has 2 aromatic rings. The van der Waals surface area contributed by atoms with Gasteiger partial charge in [0.2, 0.25) is 5.95 Å². The highest BCUT2D eigenvalue weighted by atomic mass is 15.3. The topological polar surface area (TPSA) is 44.3 Å². The molecule has 0 aliphatic carbocycles. The Morgan fingerprint density at radius 2 is 1.77 bits per heavy atom. The summed E-state index contributed by atoms with van der Waals surface area (Å²) in [5.41, 5.74) is 1.29. The van der Waals surface area contributed by atoms with Gasteiger partial charge in [-0.3, -0.25) is 0 Å². The molecule has 0 atom stereocenters. The zero-order valence-electron chi connectivity index (χ0n) is 12.7. The van der Waals surface area contributed by atoms with Crippen molar-refractivity contribution >= 4 is 17.5 Å². The van der Waals surface area contributed by atoms with E-state index in [-0.39, 0.29) is 0 Å². The SMILES string of the molecule is C=CCNc1nccc(N2CCN(c3ccccc3)CC2)n1. The summed E-state index contributed by atoms with van der Waals surface area (Å²) in [4.78, 5) is 13.5. The van der Waals surface area contributed by atoms with Crippen molar-refractivity contribution in [3.63, 3.8) is 0 Å². The summed E-state index contributed by atoms with van der Waals surface area (Å²) >= 11 is 0. The van der Waals surface area contributed by atoms with Crippen LogP contribution >= 0.6 is 0 Å². The van der Waals surface area contributed by atoms with Gasteiger partial charge in [0.1, 0.15) is 5.82 Å². The summed E-state index contributed by atoms with van der Waals surface area (Å²) < 4.78 is 0. The molecule has 2 heterocycles. The molecule has 1 aliphatic rings. The lowest BCUT2D eigenvalue weighted by molar-refractivity contribution is 0.647. The number of piperazine rings is 1. The number of nitrogens with zero attached hydrogens (tertiary/aromatic N) is 4. The van der Waals surface area contributed by atoms with Crippen molar-refractivity contribution in [2.75, 3.05) is 47.8 Å². The fourth-order valence-corrected chi connectivity index (χ4v) is 2.61. The molecule has 114 valence electrons. The van der Waals surface area contributed by atoms with E-state index >= 15 is 0 Å². The molecule has 0 bridgehead atoms. The molecule has 1 aromatic heterocycles. The second-order valence-corrected chi connectivity index (χ2v) is 5.22. The van der Waals surface area contributed by atoms with Gasteiger partial charge in [-0.1, -0.05) is 24.3 Å². The van der Waals surface area contributed by atoms with E-state index in [1.807, 2.05) is 6.07 Å². The average Bonchev–Trinajstić information content (AvgIpc) is 2.61. The maximum Gasteiger partial charge on any atom is 0.224 e. The Labute approximate surface area is 131 Å². The standard InChI is InChI=1S/C17H21N5/c1-2-9-18-17-19-10-8-16(20-17)22-13-11-21(12-14-22)15-6-4-3-5-7-15/h2-8,10H,1,9,11-14H2,(H,18,19,20). The van der Waals surface area contributed by atoms with Crippen molar-refractivity contribution < 1.29 is 0 Å². The monoisotopic (exact) mass is 295 g/mol. The largest absolute Gasteiger partial charge is 0.368 e. The number of hydrogen-bond acceptors (Lipinski definition) is 5. The molecule has 0 radical (unpaired) electrons. The predicted octanol–water partition coefficient (Wildman–Crippen LogP) is 2.40. The van der Waals surface area contributed by atoms with Gasteiger partial charge in [-0.15, -0.1) is 6.58 Å². The van der Waals surface area contributed by atoms with Crippen LogP contribution in [0, 0.1) is 0 Å². The van der Waals surface area contributed by atoms with Crippen molar-refractivity contribution in [2.24, 2.45) is 0 Å². The first-order valence-corrected chi connectivity index (χ1v) is 7.59. The Hall–Kier alpha value is -2.56. The summed E-state index contributed by atoms with van der Waals surface area (Å²) in [7, 11) is 0. The maximum atomic E-state index is 4.57. The minimum Gasteiger partial charge on any atom is -0.368 e. The smallest absolute Gasteiger partial charge is 0.224 e. The van der Waals surface area contributed by atoms with Gasteiger partial charge in [0.15, 0.2) is 0 Å². The van der Waals surface area contributed by atoms with Crippen molar-refractivity contribution in [3.05, 3.63) is 55.3 Å². The molecule has 3 rings (SSSR count). The highest BCUT2D eigenvalue weighted by Crippen LogP contribution is 2.19. The van der Waals surface area contributed by atoms with Crippen LogP contribution in [-0.4, -0.2) is 42.7 Å². The summed E-state index contributed by atoms with van der Waals surface area (Å²) in [5, 5.41) is 3.13. The lowest BCUT2D eigenvalue weighted by Crippen LogP contribution is -2.46. The van der Waals surface area contributed by atoms with Crippen LogP contribution in [0.2, 0.25) is 0 Å². The number of benzene rings is 1. The number of rotatable bonds is 5. The molecule has 0 amide bonds. The van der Waals surface area contributed by atoms with E-state index in [0.717, 1.165) is 32.0 Å². The van der Waals surface area contributed by atoms with Crippen LogP contribution in [-0.2, 0) is 0 Å². The van der Waals surface area contributed by atoms with E-state index in [1.165, 1.54) is 5.69 Å². The fourth-order valence-electron chi connectivity index (χ4n) is 2.61. The van der Waals surface area contributed by atoms with Crippen LogP contribution < -0.4 is 15.1 Å². The lowest BCUT2D eigenvalue weighted by Gasteiger charge is -2.36. The molecule has 0 spiro atoms. The molecule has 0 saturated carbocycles. The summed E-state index contributed by atoms with van der Waals surface area (Å²) in [6.07, 6.45) is 3.60. The number of aromatic nitrogens is 2. The van der Waals surface area contributed by atoms with Crippen molar-refractivity contribution in [2.45, 2.75) is 0 Å². The van der Waals surface area contributed by atoms with Crippen molar-refractivity contribution in [1.82, 2.24) is 9.97 Å². The molecule has 22 heavy (non-hydrogen) atoms. The molecule has 1 aliphatic heterocycles. The maximum absolute atomic E-state index is 4.57. The number of hydrogen-bond donors (Lipinski definition) is 1. The van der Waals surface area contributed by atoms with Crippen LogP contribution in [0.5, 0.6) is 0 Å². The van der Waals surface area contributed by atoms with E-state index in [1.54, 1.807) is 12.3 Å². The lowest BCUT2D eigenvalue weighted by atomic mass is 10.2. The Bertz CT molecular complexity index is 605. The summed E-state index contributed by atoms with van der Waals surface area (Å²) in [5.74, 6) is 1.64. The minimum atomic E-state index is 0.655. The first kappa shape index (κ1) is 14.4. The van der Waals surface area contributed by atoms with E-state index in [9.17, 15) is 0 Å². The summed E-state index contributed by atoms with van der Waals surface area (Å²) in [6, 6.07) is 12.5. The van der Waals surface area contributed by atoms with E-state index in [4.69, 9.17) is 0 Å². The second kappa shape index (κ2) is 6.93. The van der Waals surface area contributed by atoms with E-state index in [0.29, 0.717) is 12.5 Å². The van der Waals surface area contributed by atoms with Gasteiger partial charge < -0.3 is 15.1 Å². The van der Waals surface area contributed by atoms with Gasteiger partial charge in [-0.25, -0.2) is 4.98 Å². The molecular weight excluding hydrogens is 274 g/mol. The Kier molecular flexibility index (Phi) is 4.53. The van der Waals surface area contributed by atoms with Crippen LogP contribution in [0.1, 0.15) is 0 Å². The average molecular weight is 295 g/mol.